The number of rotatable bonds is 9. The van der Waals surface area contributed by atoms with Crippen molar-refractivity contribution in [1.29, 1.82) is 0 Å². The smallest absolute Gasteiger partial charge is 0.231 e. The van der Waals surface area contributed by atoms with Crippen molar-refractivity contribution in [1.82, 2.24) is 24.5 Å². The van der Waals surface area contributed by atoms with E-state index in [9.17, 15) is 8.42 Å². The number of hydrogen-bond acceptors (Lipinski definition) is 7. The number of benzene rings is 2. The first kappa shape index (κ1) is 20.8. The zero-order valence-electron chi connectivity index (χ0n) is 16.8. The lowest BCUT2D eigenvalue weighted by molar-refractivity contribution is 0.306. The van der Waals surface area contributed by atoms with Gasteiger partial charge in [0.2, 0.25) is 15.9 Å². The fourth-order valence-electron chi connectivity index (χ4n) is 3.04. The summed E-state index contributed by atoms with van der Waals surface area (Å²) in [4.78, 5) is 0. The maximum absolute atomic E-state index is 12.2. The van der Waals surface area contributed by atoms with E-state index in [1.54, 1.807) is 48.0 Å². The number of aromatic nitrogens is 4. The lowest BCUT2D eigenvalue weighted by Gasteiger charge is -2.09. The van der Waals surface area contributed by atoms with E-state index in [4.69, 9.17) is 9.47 Å². The molecule has 2 aromatic carbocycles. The molecular weight excluding hydrogens is 418 g/mol. The van der Waals surface area contributed by atoms with Crippen molar-refractivity contribution in [3.8, 4) is 23.0 Å². The lowest BCUT2D eigenvalue weighted by Crippen LogP contribution is -2.29. The molecule has 0 atom stereocenters. The van der Waals surface area contributed by atoms with Gasteiger partial charge in [0.25, 0.3) is 0 Å². The van der Waals surface area contributed by atoms with E-state index in [1.165, 1.54) is 0 Å². The standard InChI is InChI=1S/C21H21N5O4S/c1-29-18-10-6-5-9-17(18)21-24-23-19-11-12-20(25-26(19)21)30-14-13-22-31(27,28)15-16-7-3-2-4-8-16/h2-12,22H,13-15H2,1H3. The largest absolute Gasteiger partial charge is 0.496 e. The van der Waals surface area contributed by atoms with Gasteiger partial charge < -0.3 is 9.47 Å². The van der Waals surface area contributed by atoms with Crippen molar-refractivity contribution in [3.63, 3.8) is 0 Å². The molecule has 0 aliphatic rings. The molecule has 9 nitrogen and oxygen atoms in total. The summed E-state index contributed by atoms with van der Waals surface area (Å²) in [6, 6.07) is 19.8. The Bertz CT molecular complexity index is 1280. The second-order valence-electron chi connectivity index (χ2n) is 6.65. The minimum atomic E-state index is -3.45. The molecule has 0 amide bonds. The van der Waals surface area contributed by atoms with Gasteiger partial charge >= 0.3 is 0 Å². The van der Waals surface area contributed by atoms with Gasteiger partial charge in [0.15, 0.2) is 11.5 Å². The Kier molecular flexibility index (Phi) is 6.10. The number of methoxy groups -OCH3 is 1. The van der Waals surface area contributed by atoms with Crippen molar-refractivity contribution >= 4 is 15.7 Å². The molecule has 160 valence electrons. The van der Waals surface area contributed by atoms with E-state index in [-0.39, 0.29) is 18.9 Å². The van der Waals surface area contributed by atoms with E-state index in [2.05, 4.69) is 20.0 Å². The van der Waals surface area contributed by atoms with Crippen LogP contribution in [-0.2, 0) is 15.8 Å². The molecule has 0 spiro atoms. The summed E-state index contributed by atoms with van der Waals surface area (Å²) in [6.07, 6.45) is 0. The van der Waals surface area contributed by atoms with Crippen LogP contribution in [0.5, 0.6) is 11.6 Å². The second kappa shape index (κ2) is 9.11. The van der Waals surface area contributed by atoms with Crippen LogP contribution in [0.4, 0.5) is 0 Å². The molecular formula is C21H21N5O4S. The second-order valence-corrected chi connectivity index (χ2v) is 8.46. The minimum Gasteiger partial charge on any atom is -0.496 e. The Morgan fingerprint density at radius 1 is 0.968 bits per heavy atom. The van der Waals surface area contributed by atoms with Crippen molar-refractivity contribution in [2.75, 3.05) is 20.3 Å². The zero-order valence-corrected chi connectivity index (χ0v) is 17.6. The molecule has 0 aliphatic carbocycles. The number of sulfonamides is 1. The average molecular weight is 439 g/mol. The van der Waals surface area contributed by atoms with Crippen molar-refractivity contribution in [3.05, 3.63) is 72.3 Å². The van der Waals surface area contributed by atoms with Crippen LogP contribution < -0.4 is 14.2 Å². The summed E-state index contributed by atoms with van der Waals surface area (Å²) in [5, 5.41) is 12.8. The summed E-state index contributed by atoms with van der Waals surface area (Å²) in [5.74, 6) is 1.41. The highest BCUT2D eigenvalue weighted by atomic mass is 32.2. The van der Waals surface area contributed by atoms with Crippen LogP contribution in [0.25, 0.3) is 17.0 Å². The quantitative estimate of drug-likeness (QED) is 0.399. The summed E-state index contributed by atoms with van der Waals surface area (Å²) in [6.45, 7) is 0.245. The molecule has 0 aliphatic heterocycles. The Labute approximate surface area is 179 Å². The molecule has 0 saturated heterocycles. The fourth-order valence-corrected chi connectivity index (χ4v) is 4.17. The van der Waals surface area contributed by atoms with Crippen LogP contribution in [0.3, 0.4) is 0 Å². The molecule has 0 unspecified atom stereocenters. The van der Waals surface area contributed by atoms with Gasteiger partial charge in [0.1, 0.15) is 12.4 Å². The normalized spacial score (nSPS) is 11.5. The predicted octanol–water partition coefficient (Wildman–Crippen LogP) is 2.30. The molecule has 4 aromatic rings. The third-order valence-corrected chi connectivity index (χ3v) is 5.82. The number of para-hydroxylation sites is 1. The molecule has 0 radical (unpaired) electrons. The van der Waals surface area contributed by atoms with Gasteiger partial charge in [-0.05, 0) is 23.8 Å². The lowest BCUT2D eigenvalue weighted by atomic mass is 10.2. The van der Waals surface area contributed by atoms with Crippen molar-refractivity contribution < 1.29 is 17.9 Å². The first-order valence-corrected chi connectivity index (χ1v) is 11.2. The van der Waals surface area contributed by atoms with Gasteiger partial charge in [-0.3, -0.25) is 0 Å². The molecule has 2 heterocycles. The maximum Gasteiger partial charge on any atom is 0.231 e. The maximum atomic E-state index is 12.2. The van der Waals surface area contributed by atoms with Gasteiger partial charge in [0, 0.05) is 12.6 Å². The van der Waals surface area contributed by atoms with Crippen LogP contribution in [0.15, 0.2) is 66.7 Å². The number of ether oxygens (including phenoxy) is 2. The number of nitrogens with one attached hydrogen (secondary N) is 1. The summed E-state index contributed by atoms with van der Waals surface area (Å²) in [7, 11) is -1.87. The van der Waals surface area contributed by atoms with Crippen LogP contribution >= 0.6 is 0 Å². The Balaban J connectivity index is 1.41. The predicted molar refractivity (Wildman–Crippen MR) is 115 cm³/mol. The first-order valence-electron chi connectivity index (χ1n) is 9.56. The van der Waals surface area contributed by atoms with Gasteiger partial charge in [0.05, 0.1) is 18.4 Å². The van der Waals surface area contributed by atoms with Gasteiger partial charge in [-0.1, -0.05) is 42.5 Å². The molecule has 2 aromatic heterocycles. The molecule has 0 saturated carbocycles. The molecule has 1 N–H and O–H groups in total. The SMILES string of the molecule is COc1ccccc1-c1nnc2ccc(OCCNS(=O)(=O)Cc3ccccc3)nn12. The summed E-state index contributed by atoms with van der Waals surface area (Å²) < 4.78 is 39.5. The van der Waals surface area contributed by atoms with Gasteiger partial charge in [-0.25, -0.2) is 13.1 Å². The van der Waals surface area contributed by atoms with Gasteiger partial charge in [-0.2, -0.15) is 4.52 Å². The minimum absolute atomic E-state index is 0.0823. The highest BCUT2D eigenvalue weighted by Gasteiger charge is 2.15. The van der Waals surface area contributed by atoms with Crippen LogP contribution in [0.2, 0.25) is 0 Å². The van der Waals surface area contributed by atoms with Crippen LogP contribution in [0.1, 0.15) is 5.56 Å². The highest BCUT2D eigenvalue weighted by molar-refractivity contribution is 7.88. The van der Waals surface area contributed by atoms with E-state index in [1.807, 2.05) is 30.3 Å². The van der Waals surface area contributed by atoms with E-state index < -0.39 is 10.0 Å². The summed E-state index contributed by atoms with van der Waals surface area (Å²) >= 11 is 0. The fraction of sp³-hybridized carbons (Fsp3) is 0.190. The zero-order chi connectivity index (χ0) is 21.7. The number of fused-ring (bicyclic) bond motifs is 1. The third kappa shape index (κ3) is 4.98. The monoisotopic (exact) mass is 439 g/mol. The van der Waals surface area contributed by atoms with Gasteiger partial charge in [-0.15, -0.1) is 15.3 Å². The van der Waals surface area contributed by atoms with E-state index in [0.717, 1.165) is 11.1 Å². The number of hydrogen-bond donors (Lipinski definition) is 1. The molecule has 31 heavy (non-hydrogen) atoms. The molecule has 0 fully saturated rings. The van der Waals surface area contributed by atoms with E-state index >= 15 is 0 Å². The van der Waals surface area contributed by atoms with Crippen molar-refractivity contribution in [2.24, 2.45) is 0 Å². The van der Waals surface area contributed by atoms with Crippen LogP contribution in [0, 0.1) is 0 Å². The average Bonchev–Trinajstić information content (AvgIpc) is 3.20. The third-order valence-electron chi connectivity index (χ3n) is 4.46. The van der Waals surface area contributed by atoms with E-state index in [0.29, 0.717) is 23.1 Å². The van der Waals surface area contributed by atoms with Crippen LogP contribution in [-0.4, -0.2) is 48.5 Å². The Morgan fingerprint density at radius 3 is 2.55 bits per heavy atom. The molecule has 10 heteroatoms. The summed E-state index contributed by atoms with van der Waals surface area (Å²) in [5.41, 5.74) is 2.02. The molecule has 4 rings (SSSR count). The Morgan fingerprint density at radius 2 is 1.74 bits per heavy atom. The first-order chi connectivity index (χ1) is 15.1. The number of nitrogens with zero attached hydrogens (tertiary/aromatic N) is 4. The Hall–Kier alpha value is -3.50. The van der Waals surface area contributed by atoms with Crippen molar-refractivity contribution in [2.45, 2.75) is 5.75 Å². The highest BCUT2D eigenvalue weighted by Crippen LogP contribution is 2.28. The topological polar surface area (TPSA) is 108 Å². The molecule has 0 bridgehead atoms.